The zero-order valence-corrected chi connectivity index (χ0v) is 14.1. The van der Waals surface area contributed by atoms with Gasteiger partial charge in [-0.15, -0.1) is 0 Å². The number of aryl methyl sites for hydroxylation is 1. The summed E-state index contributed by atoms with van der Waals surface area (Å²) in [7, 11) is 0. The summed E-state index contributed by atoms with van der Waals surface area (Å²) in [5.41, 5.74) is 2.90. The molecule has 3 nitrogen and oxygen atoms in total. The fourth-order valence-corrected chi connectivity index (χ4v) is 3.33. The Labute approximate surface area is 133 Å². The molecule has 1 aliphatic heterocycles. The second-order valence-corrected chi connectivity index (χ2v) is 7.22. The summed E-state index contributed by atoms with van der Waals surface area (Å²) in [5, 5.41) is 0.678. The summed E-state index contributed by atoms with van der Waals surface area (Å²) in [6.45, 7) is 6.01. The summed E-state index contributed by atoms with van der Waals surface area (Å²) in [4.78, 5) is 14.8. The lowest BCUT2D eigenvalue weighted by molar-refractivity contribution is 0.511. The van der Waals surface area contributed by atoms with Crippen LogP contribution in [-0.4, -0.2) is 13.1 Å². The maximum Gasteiger partial charge on any atom is 0.199 e. The summed E-state index contributed by atoms with van der Waals surface area (Å²) < 4.78 is 6.13. The van der Waals surface area contributed by atoms with E-state index in [4.69, 9.17) is 4.42 Å². The smallest absolute Gasteiger partial charge is 0.199 e. The molecular formula is C17H20BrNO2. The number of hydrogen-bond donors (Lipinski definition) is 0. The molecule has 0 saturated carbocycles. The van der Waals surface area contributed by atoms with E-state index >= 15 is 0 Å². The number of alkyl halides is 1. The number of fused-ring (bicyclic) bond motifs is 1. The topological polar surface area (TPSA) is 33.5 Å². The number of hydrogen-bond acceptors (Lipinski definition) is 3. The Bertz CT molecular complexity index is 715. The van der Waals surface area contributed by atoms with E-state index in [2.05, 4.69) is 33.8 Å². The van der Waals surface area contributed by atoms with Gasteiger partial charge in [-0.1, -0.05) is 22.0 Å². The van der Waals surface area contributed by atoms with Crippen molar-refractivity contribution in [3.8, 4) is 0 Å². The molecule has 1 unspecified atom stereocenters. The molecule has 0 spiro atoms. The van der Waals surface area contributed by atoms with Crippen molar-refractivity contribution in [2.75, 3.05) is 18.0 Å². The van der Waals surface area contributed by atoms with E-state index < -0.39 is 0 Å². The van der Waals surface area contributed by atoms with Gasteiger partial charge in [0.05, 0.1) is 5.39 Å². The molecule has 3 rings (SSSR count). The lowest BCUT2D eigenvalue weighted by Crippen LogP contribution is -2.30. The van der Waals surface area contributed by atoms with Crippen LogP contribution in [0.2, 0.25) is 0 Å². The maximum atomic E-state index is 12.5. The van der Waals surface area contributed by atoms with E-state index in [0.29, 0.717) is 11.3 Å². The van der Waals surface area contributed by atoms with Gasteiger partial charge in [0.2, 0.25) is 0 Å². The average molecular weight is 350 g/mol. The lowest BCUT2D eigenvalue weighted by Gasteiger charge is -2.27. The van der Waals surface area contributed by atoms with Crippen LogP contribution in [-0.2, 0) is 0 Å². The number of anilines is 1. The standard InChI is InChI=1S/C17H20BrNO2/c1-11-8-13(12(2)18)17-14(9-11)15(20)10-16(21-17)19-6-4-3-5-7-19/h8-10,12H,3-7H2,1-2H3. The van der Waals surface area contributed by atoms with Gasteiger partial charge in [0, 0.05) is 29.5 Å². The first-order valence-electron chi connectivity index (χ1n) is 7.53. The third kappa shape index (κ3) is 2.86. The fourth-order valence-electron chi connectivity index (χ4n) is 2.99. The summed E-state index contributed by atoms with van der Waals surface area (Å²) in [6.07, 6.45) is 3.59. The van der Waals surface area contributed by atoms with Crippen molar-refractivity contribution >= 4 is 32.8 Å². The van der Waals surface area contributed by atoms with Crippen LogP contribution in [0.15, 0.2) is 27.4 Å². The van der Waals surface area contributed by atoms with Crippen LogP contribution in [0.4, 0.5) is 5.88 Å². The Kier molecular flexibility index (Phi) is 4.07. The molecule has 1 aromatic heterocycles. The van der Waals surface area contributed by atoms with Crippen LogP contribution in [0.1, 0.15) is 42.1 Å². The molecule has 1 saturated heterocycles. The Morgan fingerprint density at radius 3 is 2.57 bits per heavy atom. The van der Waals surface area contributed by atoms with Crippen LogP contribution in [0.3, 0.4) is 0 Å². The quantitative estimate of drug-likeness (QED) is 0.745. The number of rotatable bonds is 2. The molecule has 1 aliphatic rings. The van der Waals surface area contributed by atoms with E-state index in [1.165, 1.54) is 6.42 Å². The Hall–Kier alpha value is -1.29. The van der Waals surface area contributed by atoms with Gasteiger partial charge in [-0.25, -0.2) is 0 Å². The van der Waals surface area contributed by atoms with Crippen LogP contribution < -0.4 is 10.3 Å². The fraction of sp³-hybridized carbons (Fsp3) is 0.471. The molecule has 1 atom stereocenters. The monoisotopic (exact) mass is 349 g/mol. The highest BCUT2D eigenvalue weighted by molar-refractivity contribution is 9.09. The Morgan fingerprint density at radius 1 is 1.19 bits per heavy atom. The van der Waals surface area contributed by atoms with Gasteiger partial charge >= 0.3 is 0 Å². The molecule has 112 valence electrons. The van der Waals surface area contributed by atoms with E-state index in [1.54, 1.807) is 6.07 Å². The number of halogens is 1. The Balaban J connectivity index is 2.19. The van der Waals surface area contributed by atoms with Gasteiger partial charge in [-0.05, 0) is 44.7 Å². The van der Waals surface area contributed by atoms with Crippen molar-refractivity contribution in [3.63, 3.8) is 0 Å². The molecule has 0 radical (unpaired) electrons. The highest BCUT2D eigenvalue weighted by atomic mass is 79.9. The highest BCUT2D eigenvalue weighted by Crippen LogP contribution is 2.32. The molecule has 0 amide bonds. The number of piperidine rings is 1. The van der Waals surface area contributed by atoms with Crippen molar-refractivity contribution < 1.29 is 4.42 Å². The molecule has 2 aromatic rings. The maximum absolute atomic E-state index is 12.5. The minimum Gasteiger partial charge on any atom is -0.440 e. The van der Waals surface area contributed by atoms with Gasteiger partial charge in [0.1, 0.15) is 5.58 Å². The predicted molar refractivity (Wildman–Crippen MR) is 90.6 cm³/mol. The molecule has 21 heavy (non-hydrogen) atoms. The zero-order valence-electron chi connectivity index (χ0n) is 12.5. The van der Waals surface area contributed by atoms with E-state index in [-0.39, 0.29) is 10.3 Å². The van der Waals surface area contributed by atoms with Gasteiger partial charge < -0.3 is 9.32 Å². The molecule has 0 N–H and O–H groups in total. The first-order chi connectivity index (χ1) is 10.1. The Morgan fingerprint density at radius 2 is 1.90 bits per heavy atom. The number of benzene rings is 1. The van der Waals surface area contributed by atoms with Crippen molar-refractivity contribution in [3.05, 3.63) is 39.5 Å². The molecule has 1 aromatic carbocycles. The van der Waals surface area contributed by atoms with Crippen molar-refractivity contribution in [2.24, 2.45) is 0 Å². The lowest BCUT2D eigenvalue weighted by atomic mass is 10.0. The first kappa shape index (κ1) is 14.6. The minimum atomic E-state index is 0.0509. The third-order valence-electron chi connectivity index (χ3n) is 4.08. The van der Waals surface area contributed by atoms with Crippen molar-refractivity contribution in [1.29, 1.82) is 0 Å². The van der Waals surface area contributed by atoms with Crippen LogP contribution >= 0.6 is 15.9 Å². The first-order valence-corrected chi connectivity index (χ1v) is 8.45. The van der Waals surface area contributed by atoms with E-state index in [9.17, 15) is 4.79 Å². The second-order valence-electron chi connectivity index (χ2n) is 5.84. The number of nitrogens with zero attached hydrogens (tertiary/aromatic N) is 1. The van der Waals surface area contributed by atoms with Gasteiger partial charge in [0.15, 0.2) is 11.3 Å². The van der Waals surface area contributed by atoms with Crippen molar-refractivity contribution in [1.82, 2.24) is 0 Å². The highest BCUT2D eigenvalue weighted by Gasteiger charge is 2.18. The SMILES string of the molecule is Cc1cc(C(C)Br)c2oc(N3CCCCC3)cc(=O)c2c1. The molecular weight excluding hydrogens is 330 g/mol. The largest absolute Gasteiger partial charge is 0.440 e. The molecule has 0 bridgehead atoms. The molecule has 4 heteroatoms. The van der Waals surface area contributed by atoms with Crippen molar-refractivity contribution in [2.45, 2.75) is 37.9 Å². The molecule has 1 fully saturated rings. The van der Waals surface area contributed by atoms with Gasteiger partial charge in [0.25, 0.3) is 0 Å². The van der Waals surface area contributed by atoms with Crippen LogP contribution in [0, 0.1) is 6.92 Å². The van der Waals surface area contributed by atoms with Crippen LogP contribution in [0.5, 0.6) is 0 Å². The molecule has 0 aliphatic carbocycles. The zero-order chi connectivity index (χ0) is 15.0. The van der Waals surface area contributed by atoms with Gasteiger partial charge in [-0.3, -0.25) is 4.79 Å². The van der Waals surface area contributed by atoms with Crippen LogP contribution in [0.25, 0.3) is 11.0 Å². The van der Waals surface area contributed by atoms with E-state index in [1.807, 2.05) is 13.0 Å². The summed E-state index contributed by atoms with van der Waals surface area (Å²) in [6, 6.07) is 5.65. The third-order valence-corrected chi connectivity index (χ3v) is 4.58. The minimum absolute atomic E-state index is 0.0509. The second kappa shape index (κ2) is 5.84. The van der Waals surface area contributed by atoms with Gasteiger partial charge in [-0.2, -0.15) is 0 Å². The van der Waals surface area contributed by atoms with E-state index in [0.717, 1.165) is 42.6 Å². The summed E-state index contributed by atoms with van der Waals surface area (Å²) in [5.74, 6) is 0.713. The molecule has 2 heterocycles. The normalized spacial score (nSPS) is 17.2. The average Bonchev–Trinajstić information content (AvgIpc) is 2.48. The summed E-state index contributed by atoms with van der Waals surface area (Å²) >= 11 is 3.61. The predicted octanol–water partition coefficient (Wildman–Crippen LogP) is 4.55.